The number of carboxylic acid groups (broad SMARTS) is 2. The molecule has 3 N–H and O–H groups in total. The minimum Gasteiger partial charge on any atom is -0.565 e. The van der Waals surface area contributed by atoms with Gasteiger partial charge in [-0.3, -0.25) is 0 Å². The van der Waals surface area contributed by atoms with Crippen LogP contribution in [0.25, 0.3) is 0 Å². The molecule has 4 nitrogen and oxygen atoms in total. The molecule has 0 amide bonds. The van der Waals surface area contributed by atoms with Crippen LogP contribution in [0, 0.1) is 0 Å². The molecule has 0 bridgehead atoms. The SMILES string of the molecule is ClCCl.O.O=C([O-])O.[Na+]. The molecular weight excluding hydrogens is 182 g/mol. The molecule has 0 atom stereocenters. The van der Waals surface area contributed by atoms with Crippen LogP contribution in [-0.4, -0.2) is 22.1 Å². The summed E-state index contributed by atoms with van der Waals surface area (Å²) in [5.41, 5.74) is 0. The number of hydrogen-bond acceptors (Lipinski definition) is 2. The molecule has 0 aromatic rings. The summed E-state index contributed by atoms with van der Waals surface area (Å²) in [7, 11) is 0. The van der Waals surface area contributed by atoms with E-state index in [9.17, 15) is 0 Å². The van der Waals surface area contributed by atoms with Gasteiger partial charge in [0.1, 0.15) is 0 Å². The fraction of sp³-hybridized carbons (Fsp3) is 0.500. The van der Waals surface area contributed by atoms with E-state index in [0.717, 1.165) is 0 Å². The molecule has 0 aliphatic carbocycles. The van der Waals surface area contributed by atoms with Crippen molar-refractivity contribution in [3.63, 3.8) is 0 Å². The molecule has 0 spiro atoms. The molecule has 0 aromatic carbocycles. The van der Waals surface area contributed by atoms with Crippen molar-refractivity contribution in [2.45, 2.75) is 0 Å². The molecule has 0 fully saturated rings. The van der Waals surface area contributed by atoms with Crippen LogP contribution in [0.2, 0.25) is 0 Å². The Morgan fingerprint density at radius 2 is 1.56 bits per heavy atom. The van der Waals surface area contributed by atoms with Gasteiger partial charge in [-0.1, -0.05) is 0 Å². The second kappa shape index (κ2) is 23.2. The van der Waals surface area contributed by atoms with Crippen molar-refractivity contribution in [2.75, 3.05) is 5.34 Å². The van der Waals surface area contributed by atoms with Crippen LogP contribution in [0.4, 0.5) is 4.79 Å². The third-order valence-electron chi connectivity index (χ3n) is 0. The predicted molar refractivity (Wildman–Crippen MR) is 28.2 cm³/mol. The van der Waals surface area contributed by atoms with Crippen LogP contribution >= 0.6 is 23.2 Å². The Morgan fingerprint density at radius 1 is 1.56 bits per heavy atom. The summed E-state index contributed by atoms with van der Waals surface area (Å²) < 4.78 is 0. The van der Waals surface area contributed by atoms with E-state index in [0.29, 0.717) is 0 Å². The fourth-order valence-corrected chi connectivity index (χ4v) is 0. The Morgan fingerprint density at radius 3 is 1.56 bits per heavy atom. The average molecular weight is 187 g/mol. The summed E-state index contributed by atoms with van der Waals surface area (Å²) in [5.74, 6) is 0. The Kier molecular flexibility index (Phi) is 58.2. The molecule has 7 heteroatoms. The second-order valence-corrected chi connectivity index (χ2v) is 1.18. The van der Waals surface area contributed by atoms with Gasteiger partial charge in [-0.25, -0.2) is 0 Å². The summed E-state index contributed by atoms with van der Waals surface area (Å²) in [6.07, 6.45) is -2.08. The maximum atomic E-state index is 8.44. The molecule has 0 aliphatic rings. The quantitative estimate of drug-likeness (QED) is 0.314. The van der Waals surface area contributed by atoms with Gasteiger partial charge in [-0.2, -0.15) is 0 Å². The van der Waals surface area contributed by atoms with E-state index < -0.39 is 6.16 Å². The largest absolute Gasteiger partial charge is 1.00 e. The number of carbonyl (C=O) groups is 1. The summed E-state index contributed by atoms with van der Waals surface area (Å²) in [5, 5.41) is 15.5. The van der Waals surface area contributed by atoms with Gasteiger partial charge < -0.3 is 20.5 Å². The number of halogens is 2. The summed E-state index contributed by atoms with van der Waals surface area (Å²) in [6.45, 7) is 0. The van der Waals surface area contributed by atoms with Crippen molar-refractivity contribution in [1.82, 2.24) is 0 Å². The maximum Gasteiger partial charge on any atom is 1.00 e. The van der Waals surface area contributed by atoms with E-state index in [2.05, 4.69) is 0 Å². The molecule has 0 rings (SSSR count). The van der Waals surface area contributed by atoms with Crippen LogP contribution in [0.5, 0.6) is 0 Å². The minimum absolute atomic E-state index is 0. The molecular formula is C2H5Cl2NaO4. The van der Waals surface area contributed by atoms with Crippen LogP contribution in [0.15, 0.2) is 0 Å². The van der Waals surface area contributed by atoms with Gasteiger partial charge >= 0.3 is 29.6 Å². The van der Waals surface area contributed by atoms with E-state index >= 15 is 0 Å². The van der Waals surface area contributed by atoms with Crippen molar-refractivity contribution in [2.24, 2.45) is 0 Å². The standard InChI is InChI=1S/CH2Cl2.CH2O3.Na.H2O/c2-1-3;2-1(3)4;;/h1H2;(H2,2,3,4);;1H2/q;;+1;/p-1. The molecule has 0 unspecified atom stereocenters. The van der Waals surface area contributed by atoms with Gasteiger partial charge in [0.15, 0.2) is 0 Å². The third-order valence-corrected chi connectivity index (χ3v) is 0. The average Bonchev–Trinajstić information content (AvgIpc) is 1.33. The minimum atomic E-state index is -2.08. The Bertz CT molecular complexity index is 47.8. The predicted octanol–water partition coefficient (Wildman–Crippen LogP) is -3.51. The Balaban J connectivity index is -0.0000000233. The van der Waals surface area contributed by atoms with Crippen molar-refractivity contribution >= 4 is 29.4 Å². The van der Waals surface area contributed by atoms with E-state index in [-0.39, 0.29) is 40.4 Å². The van der Waals surface area contributed by atoms with Gasteiger partial charge in [0.05, 0.1) is 5.34 Å². The van der Waals surface area contributed by atoms with Gasteiger partial charge in [0, 0.05) is 0 Å². The third kappa shape index (κ3) is 623. The summed E-state index contributed by atoms with van der Waals surface area (Å²) in [4.78, 5) is 8.44. The van der Waals surface area contributed by atoms with E-state index in [4.69, 9.17) is 38.2 Å². The molecule has 9 heavy (non-hydrogen) atoms. The fourth-order valence-electron chi connectivity index (χ4n) is 0. The normalized spacial score (nSPS) is 4.67. The van der Waals surface area contributed by atoms with Gasteiger partial charge in [0.2, 0.25) is 6.16 Å². The molecule has 0 saturated heterocycles. The summed E-state index contributed by atoms with van der Waals surface area (Å²) >= 11 is 9.53. The Labute approximate surface area is 84.4 Å². The maximum absolute atomic E-state index is 8.44. The zero-order valence-electron chi connectivity index (χ0n) is 4.73. The van der Waals surface area contributed by atoms with Crippen molar-refractivity contribution in [1.29, 1.82) is 0 Å². The molecule has 0 aromatic heterocycles. The van der Waals surface area contributed by atoms with E-state index in [1.165, 1.54) is 0 Å². The smallest absolute Gasteiger partial charge is 0.565 e. The first-order valence-electron chi connectivity index (χ1n) is 1.17. The second-order valence-electron chi connectivity index (χ2n) is 0.367. The molecule has 0 saturated carbocycles. The zero-order chi connectivity index (χ0) is 6.28. The first kappa shape index (κ1) is 22.6. The topological polar surface area (TPSA) is 91.9 Å². The number of hydrogen-bond donors (Lipinski definition) is 1. The molecule has 0 heterocycles. The van der Waals surface area contributed by atoms with Crippen LogP contribution in [0.3, 0.4) is 0 Å². The number of rotatable bonds is 0. The van der Waals surface area contributed by atoms with Crippen molar-refractivity contribution in [3.05, 3.63) is 0 Å². The van der Waals surface area contributed by atoms with Gasteiger partial charge in [-0.15, -0.1) is 23.2 Å². The van der Waals surface area contributed by atoms with E-state index in [1.54, 1.807) is 0 Å². The molecule has 52 valence electrons. The summed E-state index contributed by atoms with van der Waals surface area (Å²) in [6, 6.07) is 0. The van der Waals surface area contributed by atoms with Crippen molar-refractivity contribution < 1.29 is 50.0 Å². The monoisotopic (exact) mass is 186 g/mol. The van der Waals surface area contributed by atoms with Crippen LogP contribution < -0.4 is 34.7 Å². The van der Waals surface area contributed by atoms with Crippen LogP contribution in [0.1, 0.15) is 0 Å². The van der Waals surface area contributed by atoms with E-state index in [1.807, 2.05) is 0 Å². The number of alkyl halides is 2. The first-order valence-corrected chi connectivity index (χ1v) is 2.24. The van der Waals surface area contributed by atoms with Crippen molar-refractivity contribution in [3.8, 4) is 0 Å². The van der Waals surface area contributed by atoms with Crippen LogP contribution in [-0.2, 0) is 0 Å². The van der Waals surface area contributed by atoms with Gasteiger partial charge in [-0.05, 0) is 0 Å². The molecule has 0 aliphatic heterocycles. The Hall–Kier alpha value is 0.810. The van der Waals surface area contributed by atoms with Gasteiger partial charge in [0.25, 0.3) is 0 Å². The molecule has 0 radical (unpaired) electrons. The zero-order valence-corrected chi connectivity index (χ0v) is 8.24. The first-order chi connectivity index (χ1) is 3.15.